The molecule has 6 heterocycles. The van der Waals surface area contributed by atoms with E-state index in [1.54, 1.807) is 10.9 Å². The number of nitrogens with one attached hydrogen (secondary N) is 2. The lowest BCUT2D eigenvalue weighted by Crippen LogP contribution is -2.25. The molecule has 0 unspecified atom stereocenters. The van der Waals surface area contributed by atoms with Gasteiger partial charge in [-0.1, -0.05) is 0 Å². The van der Waals surface area contributed by atoms with Crippen molar-refractivity contribution in [2.75, 3.05) is 24.2 Å². The van der Waals surface area contributed by atoms with Gasteiger partial charge in [0.1, 0.15) is 18.2 Å². The number of anilines is 3. The van der Waals surface area contributed by atoms with Crippen molar-refractivity contribution in [1.82, 2.24) is 30.0 Å². The van der Waals surface area contributed by atoms with Crippen molar-refractivity contribution in [3.63, 3.8) is 0 Å². The number of ether oxygens (including phenoxy) is 1. The minimum absolute atomic E-state index is 0.0359. The van der Waals surface area contributed by atoms with Crippen LogP contribution in [0.5, 0.6) is 5.88 Å². The SMILES string of the molecule is Cc1c(-c2cc3cc(Nc4cc5n(n4)CC(=O)NCC5)ncc3c(N)n2)cnc2c1CCCO2. The Hall–Kier alpha value is -4.21. The van der Waals surface area contributed by atoms with E-state index in [1.165, 1.54) is 0 Å². The summed E-state index contributed by atoms with van der Waals surface area (Å²) in [6, 6.07) is 5.88. The van der Waals surface area contributed by atoms with Crippen molar-refractivity contribution >= 4 is 34.1 Å². The molecule has 2 aliphatic heterocycles. The molecule has 10 nitrogen and oxygen atoms in total. The van der Waals surface area contributed by atoms with Gasteiger partial charge >= 0.3 is 0 Å². The quantitative estimate of drug-likeness (QED) is 0.428. The summed E-state index contributed by atoms with van der Waals surface area (Å²) < 4.78 is 7.43. The number of carbonyl (C=O) groups is 1. The fourth-order valence-electron chi connectivity index (χ4n) is 4.60. The van der Waals surface area contributed by atoms with Crippen LogP contribution in [-0.4, -0.2) is 43.8 Å². The number of aromatic nitrogens is 5. The number of fused-ring (bicyclic) bond motifs is 3. The van der Waals surface area contributed by atoms with Crippen LogP contribution in [0.4, 0.5) is 17.5 Å². The lowest BCUT2D eigenvalue weighted by molar-refractivity contribution is -0.121. The summed E-state index contributed by atoms with van der Waals surface area (Å²) in [6.45, 7) is 3.61. The summed E-state index contributed by atoms with van der Waals surface area (Å²) in [7, 11) is 0. The minimum Gasteiger partial charge on any atom is -0.477 e. The van der Waals surface area contributed by atoms with Crippen molar-refractivity contribution in [3.8, 4) is 17.1 Å². The standard InChI is InChI=1S/C24H24N8O2/c1-13-16-3-2-6-34-24(16)28-10-17(13)19-7-14-8-20(27-11-18(14)23(25)29-19)30-21-9-15-4-5-26-22(33)12-32(15)31-21/h7-11H,2-6,12H2,1H3,(H2,25,29)(H,26,33)(H,27,30,31). The third-order valence-electron chi connectivity index (χ3n) is 6.37. The predicted molar refractivity (Wildman–Crippen MR) is 128 cm³/mol. The van der Waals surface area contributed by atoms with Crippen molar-refractivity contribution in [2.24, 2.45) is 0 Å². The van der Waals surface area contributed by atoms with Gasteiger partial charge in [-0.2, -0.15) is 5.10 Å². The normalized spacial score (nSPS) is 15.1. The number of nitrogens with zero attached hydrogens (tertiary/aromatic N) is 5. The molecule has 0 saturated heterocycles. The molecule has 6 rings (SSSR count). The fourth-order valence-corrected chi connectivity index (χ4v) is 4.60. The van der Waals surface area contributed by atoms with Gasteiger partial charge in [-0.15, -0.1) is 0 Å². The lowest BCUT2D eigenvalue weighted by atomic mass is 9.97. The molecule has 0 bridgehead atoms. The molecule has 34 heavy (non-hydrogen) atoms. The van der Waals surface area contributed by atoms with Crippen LogP contribution in [0.2, 0.25) is 0 Å². The monoisotopic (exact) mass is 456 g/mol. The molecule has 1 amide bonds. The minimum atomic E-state index is -0.0359. The Morgan fingerprint density at radius 2 is 2.06 bits per heavy atom. The molecule has 0 atom stereocenters. The highest BCUT2D eigenvalue weighted by Gasteiger charge is 2.19. The predicted octanol–water partition coefficient (Wildman–Crippen LogP) is 2.52. The molecule has 0 saturated carbocycles. The third-order valence-corrected chi connectivity index (χ3v) is 6.37. The van der Waals surface area contributed by atoms with Crippen LogP contribution in [0.3, 0.4) is 0 Å². The Kier molecular flexibility index (Phi) is 4.79. The number of hydrogen-bond donors (Lipinski definition) is 3. The third kappa shape index (κ3) is 3.57. The van der Waals surface area contributed by atoms with Gasteiger partial charge in [0.25, 0.3) is 0 Å². The van der Waals surface area contributed by atoms with Crippen LogP contribution in [0.1, 0.15) is 23.2 Å². The summed E-state index contributed by atoms with van der Waals surface area (Å²) in [5.41, 5.74) is 11.3. The first-order valence-corrected chi connectivity index (χ1v) is 11.3. The van der Waals surface area contributed by atoms with Crippen LogP contribution in [0, 0.1) is 6.92 Å². The Morgan fingerprint density at radius 3 is 2.97 bits per heavy atom. The summed E-state index contributed by atoms with van der Waals surface area (Å²) in [4.78, 5) is 25.5. The van der Waals surface area contributed by atoms with Crippen LogP contribution >= 0.6 is 0 Å². The number of carbonyl (C=O) groups excluding carboxylic acids is 1. The molecule has 0 spiro atoms. The van der Waals surface area contributed by atoms with E-state index in [0.717, 1.165) is 58.1 Å². The molecule has 0 aliphatic carbocycles. The summed E-state index contributed by atoms with van der Waals surface area (Å²) >= 11 is 0. The second-order valence-electron chi connectivity index (χ2n) is 8.62. The Balaban J connectivity index is 1.35. The highest BCUT2D eigenvalue weighted by atomic mass is 16.5. The van der Waals surface area contributed by atoms with Gasteiger partial charge in [-0.25, -0.2) is 15.0 Å². The van der Waals surface area contributed by atoms with E-state index in [9.17, 15) is 4.79 Å². The zero-order valence-electron chi connectivity index (χ0n) is 18.8. The number of pyridine rings is 3. The van der Waals surface area contributed by atoms with E-state index in [4.69, 9.17) is 10.5 Å². The highest BCUT2D eigenvalue weighted by molar-refractivity contribution is 5.95. The van der Waals surface area contributed by atoms with Crippen molar-refractivity contribution in [1.29, 1.82) is 0 Å². The van der Waals surface area contributed by atoms with E-state index in [0.29, 0.717) is 36.5 Å². The van der Waals surface area contributed by atoms with E-state index in [2.05, 4.69) is 37.6 Å². The van der Waals surface area contributed by atoms with Crippen LogP contribution in [0.15, 0.2) is 30.6 Å². The number of nitrogen functional groups attached to an aromatic ring is 1. The topological polar surface area (TPSA) is 133 Å². The number of rotatable bonds is 3. The van der Waals surface area contributed by atoms with Crippen molar-refractivity contribution in [2.45, 2.75) is 32.7 Å². The van der Waals surface area contributed by atoms with Gasteiger partial charge in [0.05, 0.1) is 12.3 Å². The van der Waals surface area contributed by atoms with Gasteiger partial charge in [0, 0.05) is 53.6 Å². The Morgan fingerprint density at radius 1 is 1.15 bits per heavy atom. The van der Waals surface area contributed by atoms with Crippen LogP contribution < -0.4 is 21.1 Å². The maximum Gasteiger partial charge on any atom is 0.241 e. The number of nitrogens with two attached hydrogens (primary N) is 1. The van der Waals surface area contributed by atoms with Gasteiger partial charge in [0.2, 0.25) is 11.8 Å². The van der Waals surface area contributed by atoms with E-state index < -0.39 is 0 Å². The van der Waals surface area contributed by atoms with Gasteiger partial charge in [-0.3, -0.25) is 9.48 Å². The van der Waals surface area contributed by atoms with Crippen LogP contribution in [0.25, 0.3) is 22.0 Å². The lowest BCUT2D eigenvalue weighted by Gasteiger charge is -2.20. The van der Waals surface area contributed by atoms with E-state index >= 15 is 0 Å². The molecule has 0 aromatic carbocycles. The zero-order valence-corrected chi connectivity index (χ0v) is 18.8. The first kappa shape index (κ1) is 20.4. The largest absolute Gasteiger partial charge is 0.477 e. The van der Waals surface area contributed by atoms with Gasteiger partial charge in [0.15, 0.2) is 5.82 Å². The van der Waals surface area contributed by atoms with Crippen molar-refractivity contribution < 1.29 is 9.53 Å². The first-order valence-electron chi connectivity index (χ1n) is 11.3. The van der Waals surface area contributed by atoms with E-state index in [-0.39, 0.29) is 12.5 Å². The second kappa shape index (κ2) is 7.98. The molecular weight excluding hydrogens is 432 g/mol. The number of amides is 1. The van der Waals surface area contributed by atoms with Gasteiger partial charge in [-0.05, 0) is 42.8 Å². The molecule has 172 valence electrons. The average Bonchev–Trinajstić information content (AvgIpc) is 3.10. The first-order chi connectivity index (χ1) is 16.5. The maximum absolute atomic E-state index is 11.8. The Labute approximate surface area is 195 Å². The molecule has 4 N–H and O–H groups in total. The molecule has 10 heteroatoms. The van der Waals surface area contributed by atoms with Crippen LogP contribution in [-0.2, 0) is 24.2 Å². The van der Waals surface area contributed by atoms with E-state index in [1.807, 2.05) is 24.4 Å². The van der Waals surface area contributed by atoms with Gasteiger partial charge < -0.3 is 21.1 Å². The Bertz CT molecular complexity index is 1440. The smallest absolute Gasteiger partial charge is 0.241 e. The molecular formula is C24H24N8O2. The van der Waals surface area contributed by atoms with Crippen molar-refractivity contribution in [3.05, 3.63) is 47.4 Å². The summed E-state index contributed by atoms with van der Waals surface area (Å²) in [5, 5.41) is 12.3. The molecule has 0 radical (unpaired) electrons. The summed E-state index contributed by atoms with van der Waals surface area (Å²) in [6.07, 6.45) is 6.18. The second-order valence-corrected chi connectivity index (χ2v) is 8.62. The fraction of sp³-hybridized carbons (Fsp3) is 0.292. The zero-order chi connectivity index (χ0) is 23.2. The number of hydrogen-bond acceptors (Lipinski definition) is 8. The maximum atomic E-state index is 11.8. The average molecular weight is 457 g/mol. The summed E-state index contributed by atoms with van der Waals surface area (Å²) in [5.74, 6) is 2.38. The molecule has 4 aromatic rings. The highest BCUT2D eigenvalue weighted by Crippen LogP contribution is 2.34. The molecule has 4 aromatic heterocycles. The molecule has 0 fully saturated rings. The molecule has 2 aliphatic rings.